The number of nitrogens with zero attached hydrogens (tertiary/aromatic N) is 2. The summed E-state index contributed by atoms with van der Waals surface area (Å²) in [5, 5.41) is 0. The van der Waals surface area contributed by atoms with Crippen LogP contribution in [0.5, 0.6) is 0 Å². The largest absolute Gasteiger partial charge is 0.302 e. The lowest BCUT2D eigenvalue weighted by atomic mass is 10.0. The molecule has 0 spiro atoms. The zero-order valence-corrected chi connectivity index (χ0v) is 12.3. The third-order valence-electron chi connectivity index (χ3n) is 4.49. The van der Waals surface area contributed by atoms with Crippen molar-refractivity contribution in [3.8, 4) is 0 Å². The smallest absolute Gasteiger partial charge is 0.0112 e. The molecule has 0 amide bonds. The highest BCUT2D eigenvalue weighted by atomic mass is 32.2. The van der Waals surface area contributed by atoms with E-state index in [9.17, 15) is 0 Å². The first-order valence-corrected chi connectivity index (χ1v) is 8.45. The van der Waals surface area contributed by atoms with Gasteiger partial charge in [-0.1, -0.05) is 6.42 Å². The average molecular weight is 256 g/mol. The molecule has 0 aromatic carbocycles. The second-order valence-corrected chi connectivity index (χ2v) is 6.93. The molecule has 0 aromatic heterocycles. The van der Waals surface area contributed by atoms with Crippen LogP contribution < -0.4 is 0 Å². The predicted octanol–water partition coefficient (Wildman–Crippen LogP) is 2.69. The average Bonchev–Trinajstić information content (AvgIpc) is 2.38. The Morgan fingerprint density at radius 2 is 1.94 bits per heavy atom. The van der Waals surface area contributed by atoms with Crippen LogP contribution in [0, 0.1) is 0 Å². The van der Waals surface area contributed by atoms with Crippen LogP contribution in [0.2, 0.25) is 0 Å². The molecule has 17 heavy (non-hydrogen) atoms. The van der Waals surface area contributed by atoms with Gasteiger partial charge in [0.05, 0.1) is 0 Å². The van der Waals surface area contributed by atoms with E-state index < -0.39 is 0 Å². The molecule has 2 aliphatic rings. The molecule has 2 nitrogen and oxygen atoms in total. The first-order chi connectivity index (χ1) is 8.27. The molecule has 3 heteroatoms. The highest BCUT2D eigenvalue weighted by Gasteiger charge is 2.21. The van der Waals surface area contributed by atoms with Gasteiger partial charge in [-0.2, -0.15) is 11.8 Å². The van der Waals surface area contributed by atoms with Crippen molar-refractivity contribution < 1.29 is 0 Å². The van der Waals surface area contributed by atoms with Crippen LogP contribution in [0.15, 0.2) is 0 Å². The van der Waals surface area contributed by atoms with E-state index in [2.05, 4.69) is 35.5 Å². The van der Waals surface area contributed by atoms with Crippen molar-refractivity contribution in [3.05, 3.63) is 0 Å². The van der Waals surface area contributed by atoms with Crippen LogP contribution in [0.3, 0.4) is 0 Å². The first-order valence-electron chi connectivity index (χ1n) is 7.29. The van der Waals surface area contributed by atoms with Crippen LogP contribution >= 0.6 is 11.8 Å². The summed E-state index contributed by atoms with van der Waals surface area (Å²) in [6.45, 7) is 6.27. The zero-order valence-electron chi connectivity index (χ0n) is 11.5. The minimum absolute atomic E-state index is 0.819. The molecule has 1 atom stereocenters. The van der Waals surface area contributed by atoms with Gasteiger partial charge >= 0.3 is 0 Å². The first kappa shape index (κ1) is 13.7. The number of rotatable bonds is 4. The molecule has 0 N–H and O–H groups in total. The Balaban J connectivity index is 1.69. The molecule has 2 aliphatic heterocycles. The highest BCUT2D eigenvalue weighted by Crippen LogP contribution is 2.21. The molecule has 0 bridgehead atoms. The van der Waals surface area contributed by atoms with E-state index in [1.165, 1.54) is 63.2 Å². The SMILES string of the molecule is CC1CCCCN1CCN(C)C1CCSCC1. The Morgan fingerprint density at radius 1 is 1.18 bits per heavy atom. The molecule has 2 saturated heterocycles. The summed E-state index contributed by atoms with van der Waals surface area (Å²) in [5.41, 5.74) is 0. The van der Waals surface area contributed by atoms with Gasteiger partial charge in [0.2, 0.25) is 0 Å². The third-order valence-corrected chi connectivity index (χ3v) is 5.54. The lowest BCUT2D eigenvalue weighted by Gasteiger charge is -2.37. The van der Waals surface area contributed by atoms with Crippen molar-refractivity contribution in [3.63, 3.8) is 0 Å². The molecule has 100 valence electrons. The second kappa shape index (κ2) is 7.01. The minimum Gasteiger partial charge on any atom is -0.302 e. The molecular weight excluding hydrogens is 228 g/mol. The zero-order chi connectivity index (χ0) is 12.1. The number of hydrogen-bond donors (Lipinski definition) is 0. The summed E-state index contributed by atoms with van der Waals surface area (Å²) < 4.78 is 0. The van der Waals surface area contributed by atoms with E-state index in [-0.39, 0.29) is 0 Å². The summed E-state index contributed by atoms with van der Waals surface area (Å²) in [6.07, 6.45) is 7.05. The Bertz CT molecular complexity index is 216. The quantitative estimate of drug-likeness (QED) is 0.763. The Labute approximate surface area is 111 Å². The normalized spacial score (nSPS) is 28.8. The lowest BCUT2D eigenvalue weighted by Crippen LogP contribution is -2.44. The van der Waals surface area contributed by atoms with Crippen molar-refractivity contribution in [2.45, 2.75) is 51.1 Å². The van der Waals surface area contributed by atoms with Crippen molar-refractivity contribution in [2.75, 3.05) is 38.2 Å². The third kappa shape index (κ3) is 4.15. The van der Waals surface area contributed by atoms with Crippen molar-refractivity contribution in [2.24, 2.45) is 0 Å². The number of likely N-dealkylation sites (tertiary alicyclic amines) is 1. The van der Waals surface area contributed by atoms with E-state index in [4.69, 9.17) is 0 Å². The van der Waals surface area contributed by atoms with E-state index in [1.54, 1.807) is 0 Å². The van der Waals surface area contributed by atoms with E-state index in [0.29, 0.717) is 0 Å². The standard InChI is InChI=1S/C14H28N2S/c1-13-5-3-4-8-16(13)10-9-15(2)14-6-11-17-12-7-14/h13-14H,3-12H2,1-2H3. The fourth-order valence-electron chi connectivity index (χ4n) is 3.08. The molecule has 2 heterocycles. The number of thioether (sulfide) groups is 1. The van der Waals surface area contributed by atoms with E-state index >= 15 is 0 Å². The summed E-state index contributed by atoms with van der Waals surface area (Å²) in [4.78, 5) is 5.30. The van der Waals surface area contributed by atoms with Gasteiger partial charge in [0.1, 0.15) is 0 Å². The van der Waals surface area contributed by atoms with Gasteiger partial charge in [-0.15, -0.1) is 0 Å². The summed E-state index contributed by atoms with van der Waals surface area (Å²) >= 11 is 2.13. The van der Waals surface area contributed by atoms with E-state index in [0.717, 1.165) is 12.1 Å². The summed E-state index contributed by atoms with van der Waals surface area (Å²) in [5.74, 6) is 2.74. The topological polar surface area (TPSA) is 6.48 Å². The minimum atomic E-state index is 0.819. The predicted molar refractivity (Wildman–Crippen MR) is 77.9 cm³/mol. The van der Waals surface area contributed by atoms with Crippen molar-refractivity contribution >= 4 is 11.8 Å². The van der Waals surface area contributed by atoms with Gasteiger partial charge in [0, 0.05) is 25.2 Å². The monoisotopic (exact) mass is 256 g/mol. The molecule has 0 aliphatic carbocycles. The van der Waals surface area contributed by atoms with E-state index in [1.807, 2.05) is 0 Å². The molecular formula is C14H28N2S. The second-order valence-electron chi connectivity index (χ2n) is 5.70. The summed E-state index contributed by atoms with van der Waals surface area (Å²) in [7, 11) is 2.33. The van der Waals surface area contributed by atoms with Crippen LogP contribution in [0.1, 0.15) is 39.0 Å². The number of piperidine rings is 1. The molecule has 0 radical (unpaired) electrons. The molecule has 2 fully saturated rings. The molecule has 2 rings (SSSR count). The van der Waals surface area contributed by atoms with Crippen molar-refractivity contribution in [1.82, 2.24) is 9.80 Å². The fraction of sp³-hybridized carbons (Fsp3) is 1.00. The maximum absolute atomic E-state index is 2.69. The molecule has 1 unspecified atom stereocenters. The van der Waals surface area contributed by atoms with Crippen LogP contribution in [0.4, 0.5) is 0 Å². The highest BCUT2D eigenvalue weighted by molar-refractivity contribution is 7.99. The van der Waals surface area contributed by atoms with Crippen LogP contribution in [-0.2, 0) is 0 Å². The number of likely N-dealkylation sites (N-methyl/N-ethyl adjacent to an activating group) is 1. The molecule has 0 aromatic rings. The number of hydrogen-bond acceptors (Lipinski definition) is 3. The van der Waals surface area contributed by atoms with Gasteiger partial charge in [-0.05, 0) is 57.7 Å². The maximum atomic E-state index is 2.69. The molecule has 0 saturated carbocycles. The Kier molecular flexibility index (Phi) is 5.64. The summed E-state index contributed by atoms with van der Waals surface area (Å²) in [6, 6.07) is 1.68. The maximum Gasteiger partial charge on any atom is 0.0112 e. The van der Waals surface area contributed by atoms with Gasteiger partial charge in [0.15, 0.2) is 0 Å². The van der Waals surface area contributed by atoms with Gasteiger partial charge in [0.25, 0.3) is 0 Å². The lowest BCUT2D eigenvalue weighted by molar-refractivity contribution is 0.127. The van der Waals surface area contributed by atoms with Crippen LogP contribution in [0.25, 0.3) is 0 Å². The van der Waals surface area contributed by atoms with Crippen molar-refractivity contribution in [1.29, 1.82) is 0 Å². The fourth-order valence-corrected chi connectivity index (χ4v) is 4.17. The Morgan fingerprint density at radius 3 is 2.65 bits per heavy atom. The van der Waals surface area contributed by atoms with Gasteiger partial charge < -0.3 is 4.90 Å². The van der Waals surface area contributed by atoms with Gasteiger partial charge in [-0.3, -0.25) is 4.90 Å². The van der Waals surface area contributed by atoms with Crippen LogP contribution in [-0.4, -0.2) is 60.1 Å². The van der Waals surface area contributed by atoms with Gasteiger partial charge in [-0.25, -0.2) is 0 Å². The Hall–Kier alpha value is 0.270.